The molecule has 2 aromatic heterocycles. The van der Waals surface area contributed by atoms with Crippen molar-refractivity contribution in [2.24, 2.45) is 0 Å². The van der Waals surface area contributed by atoms with Gasteiger partial charge in [0.05, 0.1) is 5.75 Å². The molecule has 0 aliphatic rings. The highest BCUT2D eigenvalue weighted by atomic mass is 35.5. The Hall–Kier alpha value is -2.51. The molecular formula is C18H17ClN4O2S. The number of aryl methyl sites for hydroxylation is 1. The highest BCUT2D eigenvalue weighted by Crippen LogP contribution is 2.25. The summed E-state index contributed by atoms with van der Waals surface area (Å²) in [5, 5.41) is 3.57. The summed E-state index contributed by atoms with van der Waals surface area (Å²) in [5.74, 6) is 1.12. The van der Waals surface area contributed by atoms with Crippen molar-refractivity contribution < 1.29 is 8.42 Å². The van der Waals surface area contributed by atoms with Crippen LogP contribution in [0.5, 0.6) is 0 Å². The molecule has 134 valence electrons. The minimum Gasteiger partial charge on any atom is -0.340 e. The van der Waals surface area contributed by atoms with E-state index in [0.717, 1.165) is 11.3 Å². The zero-order valence-corrected chi connectivity index (χ0v) is 15.8. The molecule has 2 heterocycles. The summed E-state index contributed by atoms with van der Waals surface area (Å²) in [4.78, 5) is 13.0. The van der Waals surface area contributed by atoms with E-state index in [2.05, 4.69) is 20.3 Å². The predicted octanol–water partition coefficient (Wildman–Crippen LogP) is 3.79. The predicted molar refractivity (Wildman–Crippen MR) is 103 cm³/mol. The Balaban J connectivity index is 1.87. The maximum absolute atomic E-state index is 11.4. The van der Waals surface area contributed by atoms with Gasteiger partial charge in [0.2, 0.25) is 0 Å². The molecule has 0 radical (unpaired) electrons. The third-order valence-electron chi connectivity index (χ3n) is 3.54. The van der Waals surface area contributed by atoms with Crippen molar-refractivity contribution in [2.75, 3.05) is 11.6 Å². The molecule has 3 aromatic rings. The maximum atomic E-state index is 11.4. The van der Waals surface area contributed by atoms with E-state index in [1.54, 1.807) is 30.6 Å². The Morgan fingerprint density at radius 2 is 1.81 bits per heavy atom. The van der Waals surface area contributed by atoms with Crippen molar-refractivity contribution in [3.63, 3.8) is 0 Å². The van der Waals surface area contributed by atoms with Crippen molar-refractivity contribution in [3.05, 3.63) is 65.1 Å². The Bertz CT molecular complexity index is 1040. The fraction of sp³-hybridized carbons (Fsp3) is 0.167. The van der Waals surface area contributed by atoms with E-state index in [0.29, 0.717) is 27.9 Å². The highest BCUT2D eigenvalue weighted by molar-refractivity contribution is 7.89. The SMILES string of the molecule is Cc1cc(Nc2ccc(CS(C)(=O)=O)c(Cl)c2)nc(-c2ccncc2)n1. The van der Waals surface area contributed by atoms with Gasteiger partial charge in [0.25, 0.3) is 0 Å². The summed E-state index contributed by atoms with van der Waals surface area (Å²) in [6.07, 6.45) is 4.56. The molecule has 6 nitrogen and oxygen atoms in total. The molecule has 8 heteroatoms. The van der Waals surface area contributed by atoms with Crippen LogP contribution in [0.2, 0.25) is 5.02 Å². The molecule has 3 rings (SSSR count). The van der Waals surface area contributed by atoms with Gasteiger partial charge in [-0.25, -0.2) is 18.4 Å². The first-order valence-electron chi connectivity index (χ1n) is 7.79. The second-order valence-corrected chi connectivity index (χ2v) is 8.50. The minimum absolute atomic E-state index is 0.0923. The number of halogens is 1. The normalized spacial score (nSPS) is 11.3. The van der Waals surface area contributed by atoms with Crippen LogP contribution in [-0.2, 0) is 15.6 Å². The smallest absolute Gasteiger partial charge is 0.161 e. The summed E-state index contributed by atoms with van der Waals surface area (Å²) >= 11 is 6.22. The van der Waals surface area contributed by atoms with Gasteiger partial charge in [-0.05, 0) is 36.8 Å². The molecule has 0 amide bonds. The Morgan fingerprint density at radius 3 is 2.46 bits per heavy atom. The fourth-order valence-corrected chi connectivity index (χ4v) is 3.58. The highest BCUT2D eigenvalue weighted by Gasteiger charge is 2.10. The third kappa shape index (κ3) is 4.77. The summed E-state index contributed by atoms with van der Waals surface area (Å²) < 4.78 is 22.9. The van der Waals surface area contributed by atoms with Gasteiger partial charge in [0.15, 0.2) is 15.7 Å². The maximum Gasteiger partial charge on any atom is 0.161 e. The molecule has 1 aromatic carbocycles. The summed E-state index contributed by atoms with van der Waals surface area (Å²) in [5.41, 5.74) is 2.96. The van der Waals surface area contributed by atoms with E-state index >= 15 is 0 Å². The molecular weight excluding hydrogens is 372 g/mol. The molecule has 1 N–H and O–H groups in total. The van der Waals surface area contributed by atoms with E-state index in [4.69, 9.17) is 11.6 Å². The first-order chi connectivity index (χ1) is 12.3. The van der Waals surface area contributed by atoms with E-state index in [-0.39, 0.29) is 5.75 Å². The zero-order chi connectivity index (χ0) is 18.7. The van der Waals surface area contributed by atoms with Crippen LogP contribution in [-0.4, -0.2) is 29.6 Å². The van der Waals surface area contributed by atoms with Crippen molar-refractivity contribution in [1.82, 2.24) is 15.0 Å². The fourth-order valence-electron chi connectivity index (χ4n) is 2.44. The number of anilines is 2. The Kier molecular flexibility index (Phi) is 5.20. The lowest BCUT2D eigenvalue weighted by Gasteiger charge is -2.10. The summed E-state index contributed by atoms with van der Waals surface area (Å²) in [6.45, 7) is 1.89. The van der Waals surface area contributed by atoms with Gasteiger partial charge in [-0.3, -0.25) is 4.98 Å². The van der Waals surface area contributed by atoms with Gasteiger partial charge in [0.1, 0.15) is 5.82 Å². The van der Waals surface area contributed by atoms with Crippen molar-refractivity contribution in [3.8, 4) is 11.4 Å². The molecule has 0 bridgehead atoms. The second kappa shape index (κ2) is 7.39. The first-order valence-corrected chi connectivity index (χ1v) is 10.2. The molecule has 0 saturated heterocycles. The van der Waals surface area contributed by atoms with Gasteiger partial charge in [-0.15, -0.1) is 0 Å². The number of benzene rings is 1. The summed E-state index contributed by atoms with van der Waals surface area (Å²) in [6, 6.07) is 10.7. The first kappa shape index (κ1) is 18.3. The van der Waals surface area contributed by atoms with Gasteiger partial charge < -0.3 is 5.32 Å². The van der Waals surface area contributed by atoms with E-state index in [9.17, 15) is 8.42 Å². The van der Waals surface area contributed by atoms with Gasteiger partial charge in [0, 0.05) is 46.7 Å². The van der Waals surface area contributed by atoms with Crippen molar-refractivity contribution >= 4 is 32.9 Å². The number of hydrogen-bond acceptors (Lipinski definition) is 6. The van der Waals surface area contributed by atoms with Crippen LogP contribution in [0.3, 0.4) is 0 Å². The average molecular weight is 389 g/mol. The average Bonchev–Trinajstić information content (AvgIpc) is 2.57. The van der Waals surface area contributed by atoms with E-state index in [1.807, 2.05) is 25.1 Å². The molecule has 0 aliphatic carbocycles. The third-order valence-corrected chi connectivity index (χ3v) is 4.72. The number of rotatable bonds is 5. The zero-order valence-electron chi connectivity index (χ0n) is 14.3. The number of nitrogens with zero attached hydrogens (tertiary/aromatic N) is 3. The molecule has 26 heavy (non-hydrogen) atoms. The lowest BCUT2D eigenvalue weighted by atomic mass is 10.2. The van der Waals surface area contributed by atoms with Crippen molar-refractivity contribution in [1.29, 1.82) is 0 Å². The number of sulfone groups is 1. The topological polar surface area (TPSA) is 84.8 Å². The number of aromatic nitrogens is 3. The van der Waals surface area contributed by atoms with Gasteiger partial charge >= 0.3 is 0 Å². The van der Waals surface area contributed by atoms with Crippen LogP contribution < -0.4 is 5.32 Å². The number of hydrogen-bond donors (Lipinski definition) is 1. The number of nitrogens with one attached hydrogen (secondary N) is 1. The lowest BCUT2D eigenvalue weighted by Crippen LogP contribution is -2.02. The van der Waals surface area contributed by atoms with Crippen LogP contribution in [0.4, 0.5) is 11.5 Å². The molecule has 0 unspecified atom stereocenters. The number of pyridine rings is 1. The van der Waals surface area contributed by atoms with Crippen LogP contribution >= 0.6 is 11.6 Å². The van der Waals surface area contributed by atoms with Crippen LogP contribution in [0.25, 0.3) is 11.4 Å². The van der Waals surface area contributed by atoms with Crippen LogP contribution in [0, 0.1) is 6.92 Å². The standard InChI is InChI=1S/C18H17ClN4O2S/c1-12-9-17(23-18(21-12)13-5-7-20-8-6-13)22-15-4-3-14(16(19)10-15)11-26(2,24)25/h3-10H,11H2,1-2H3,(H,21,22,23). The molecule has 0 saturated carbocycles. The summed E-state index contributed by atoms with van der Waals surface area (Å²) in [7, 11) is -3.14. The van der Waals surface area contributed by atoms with Crippen LogP contribution in [0.1, 0.15) is 11.3 Å². The van der Waals surface area contributed by atoms with E-state index < -0.39 is 9.84 Å². The lowest BCUT2D eigenvalue weighted by molar-refractivity contribution is 0.601. The Morgan fingerprint density at radius 1 is 1.08 bits per heavy atom. The second-order valence-electron chi connectivity index (χ2n) is 5.96. The van der Waals surface area contributed by atoms with Crippen LogP contribution in [0.15, 0.2) is 48.8 Å². The largest absolute Gasteiger partial charge is 0.340 e. The Labute approximate surface area is 157 Å². The van der Waals surface area contributed by atoms with Gasteiger partial charge in [-0.2, -0.15) is 0 Å². The van der Waals surface area contributed by atoms with E-state index in [1.165, 1.54) is 6.26 Å². The minimum atomic E-state index is -3.14. The van der Waals surface area contributed by atoms with Crippen molar-refractivity contribution in [2.45, 2.75) is 12.7 Å². The monoisotopic (exact) mass is 388 g/mol. The quantitative estimate of drug-likeness (QED) is 0.715. The molecule has 0 atom stereocenters. The van der Waals surface area contributed by atoms with Gasteiger partial charge in [-0.1, -0.05) is 17.7 Å². The molecule has 0 fully saturated rings. The molecule has 0 aliphatic heterocycles. The molecule has 0 spiro atoms.